The molecule has 3 nitrogen and oxygen atoms in total. The van der Waals surface area contributed by atoms with Crippen LogP contribution in [0.15, 0.2) is 30.3 Å². The number of allylic oxidation sites excluding steroid dienone is 1. The summed E-state index contributed by atoms with van der Waals surface area (Å²) in [7, 11) is 0. The average Bonchev–Trinajstić information content (AvgIpc) is 2.38. The van der Waals surface area contributed by atoms with Crippen LogP contribution in [0.5, 0.6) is 0 Å². The fraction of sp³-hybridized carbons (Fsp3) is 0.357. The summed E-state index contributed by atoms with van der Waals surface area (Å²) in [5, 5.41) is 3.35. The molecule has 1 heterocycles. The van der Waals surface area contributed by atoms with Crippen LogP contribution < -0.4 is 11.1 Å². The number of nitrogens with one attached hydrogen (secondary N) is 1. The Morgan fingerprint density at radius 3 is 2.39 bits per heavy atom. The van der Waals surface area contributed by atoms with E-state index in [2.05, 4.69) is 17.5 Å². The minimum absolute atomic E-state index is 0. The molecule has 0 aromatic heterocycles. The summed E-state index contributed by atoms with van der Waals surface area (Å²) < 4.78 is 0. The SMILES string of the molecule is Cl.NC(=O)c1ccc(C=CC2CCNCC2)cc1. The van der Waals surface area contributed by atoms with Crippen LogP contribution in [0.1, 0.15) is 28.8 Å². The molecule has 1 fully saturated rings. The second kappa shape index (κ2) is 7.19. The Morgan fingerprint density at radius 1 is 1.22 bits per heavy atom. The Kier molecular flexibility index (Phi) is 5.89. The summed E-state index contributed by atoms with van der Waals surface area (Å²) in [6, 6.07) is 7.39. The van der Waals surface area contributed by atoms with Gasteiger partial charge in [0.15, 0.2) is 0 Å². The van der Waals surface area contributed by atoms with Gasteiger partial charge in [-0.05, 0) is 49.5 Å². The number of carbonyl (C=O) groups is 1. The molecule has 1 saturated heterocycles. The molecule has 4 heteroatoms. The number of primary amides is 1. The number of rotatable bonds is 3. The van der Waals surface area contributed by atoms with E-state index in [1.807, 2.05) is 12.1 Å². The molecule has 0 radical (unpaired) electrons. The number of halogens is 1. The van der Waals surface area contributed by atoms with Gasteiger partial charge >= 0.3 is 0 Å². The first-order chi connectivity index (χ1) is 8.25. The zero-order valence-electron chi connectivity index (χ0n) is 10.3. The van der Waals surface area contributed by atoms with Gasteiger partial charge in [0.2, 0.25) is 5.91 Å². The molecular weight excluding hydrogens is 248 g/mol. The van der Waals surface area contributed by atoms with E-state index in [4.69, 9.17) is 5.73 Å². The maximum Gasteiger partial charge on any atom is 0.248 e. The van der Waals surface area contributed by atoms with E-state index in [1.165, 1.54) is 12.8 Å². The van der Waals surface area contributed by atoms with Gasteiger partial charge in [0.05, 0.1) is 0 Å². The quantitative estimate of drug-likeness (QED) is 0.881. The number of piperidine rings is 1. The first kappa shape index (κ1) is 14.7. The molecule has 0 aliphatic carbocycles. The molecule has 1 aromatic rings. The molecule has 2 rings (SSSR count). The molecule has 0 bridgehead atoms. The average molecular weight is 267 g/mol. The van der Waals surface area contributed by atoms with Gasteiger partial charge in [-0.25, -0.2) is 0 Å². The van der Waals surface area contributed by atoms with Gasteiger partial charge in [0.25, 0.3) is 0 Å². The van der Waals surface area contributed by atoms with Crippen molar-refractivity contribution < 1.29 is 4.79 Å². The number of hydrogen-bond donors (Lipinski definition) is 2. The highest BCUT2D eigenvalue weighted by Gasteiger charge is 2.08. The first-order valence-corrected chi connectivity index (χ1v) is 6.04. The molecule has 98 valence electrons. The Labute approximate surface area is 114 Å². The fourth-order valence-electron chi connectivity index (χ4n) is 2.04. The van der Waals surface area contributed by atoms with Crippen LogP contribution in [0.3, 0.4) is 0 Å². The lowest BCUT2D eigenvalue weighted by molar-refractivity contribution is 0.100. The molecule has 3 N–H and O–H groups in total. The summed E-state index contributed by atoms with van der Waals surface area (Å²) in [4.78, 5) is 10.9. The third-order valence-electron chi connectivity index (χ3n) is 3.14. The third-order valence-corrected chi connectivity index (χ3v) is 3.14. The number of nitrogens with two attached hydrogens (primary N) is 1. The van der Waals surface area contributed by atoms with Gasteiger partial charge in [-0.15, -0.1) is 12.4 Å². The number of benzene rings is 1. The molecule has 0 spiro atoms. The Balaban J connectivity index is 0.00000162. The van der Waals surface area contributed by atoms with Crippen molar-refractivity contribution in [1.29, 1.82) is 0 Å². The standard InChI is InChI=1S/C14H18N2O.ClH/c15-14(17)13-5-3-11(4-6-13)1-2-12-7-9-16-10-8-12;/h1-6,12,16H,7-10H2,(H2,15,17);1H. The lowest BCUT2D eigenvalue weighted by Gasteiger charge is -2.19. The maximum absolute atomic E-state index is 10.9. The number of carbonyl (C=O) groups excluding carboxylic acids is 1. The van der Waals surface area contributed by atoms with Crippen LogP contribution in [0.4, 0.5) is 0 Å². The van der Waals surface area contributed by atoms with Gasteiger partial charge < -0.3 is 11.1 Å². The molecule has 0 unspecified atom stereocenters. The minimum atomic E-state index is -0.376. The largest absolute Gasteiger partial charge is 0.366 e. The van der Waals surface area contributed by atoms with Crippen molar-refractivity contribution in [2.75, 3.05) is 13.1 Å². The lowest BCUT2D eigenvalue weighted by Crippen LogP contribution is -2.26. The Morgan fingerprint density at radius 2 is 1.83 bits per heavy atom. The molecule has 1 aromatic carbocycles. The fourth-order valence-corrected chi connectivity index (χ4v) is 2.04. The summed E-state index contributed by atoms with van der Waals surface area (Å²) in [6.07, 6.45) is 6.80. The third kappa shape index (κ3) is 4.17. The van der Waals surface area contributed by atoms with Crippen LogP contribution in [0.2, 0.25) is 0 Å². The first-order valence-electron chi connectivity index (χ1n) is 6.04. The van der Waals surface area contributed by atoms with Crippen LogP contribution in [0.25, 0.3) is 6.08 Å². The smallest absolute Gasteiger partial charge is 0.248 e. The van der Waals surface area contributed by atoms with Crippen molar-refractivity contribution in [3.05, 3.63) is 41.5 Å². The summed E-state index contributed by atoms with van der Waals surface area (Å²) in [5.74, 6) is 0.297. The van der Waals surface area contributed by atoms with Crippen molar-refractivity contribution in [1.82, 2.24) is 5.32 Å². The van der Waals surface area contributed by atoms with E-state index in [0.717, 1.165) is 18.7 Å². The minimum Gasteiger partial charge on any atom is -0.366 e. The molecule has 0 saturated carbocycles. The van der Waals surface area contributed by atoms with E-state index in [0.29, 0.717) is 11.5 Å². The Bertz CT molecular complexity index is 408. The summed E-state index contributed by atoms with van der Waals surface area (Å²) >= 11 is 0. The highest BCUT2D eigenvalue weighted by Crippen LogP contribution is 2.15. The van der Waals surface area contributed by atoms with E-state index in [1.54, 1.807) is 12.1 Å². The van der Waals surface area contributed by atoms with Crippen molar-refractivity contribution in [2.45, 2.75) is 12.8 Å². The topological polar surface area (TPSA) is 55.1 Å². The molecule has 18 heavy (non-hydrogen) atoms. The predicted molar refractivity (Wildman–Crippen MR) is 76.8 cm³/mol. The second-order valence-corrected chi connectivity index (χ2v) is 4.43. The predicted octanol–water partition coefficient (Wildman–Crippen LogP) is 2.22. The van der Waals surface area contributed by atoms with Crippen molar-refractivity contribution in [3.8, 4) is 0 Å². The van der Waals surface area contributed by atoms with Crippen LogP contribution in [-0.4, -0.2) is 19.0 Å². The van der Waals surface area contributed by atoms with Gasteiger partial charge in [-0.1, -0.05) is 24.3 Å². The lowest BCUT2D eigenvalue weighted by atomic mass is 9.97. The van der Waals surface area contributed by atoms with Gasteiger partial charge in [-0.2, -0.15) is 0 Å². The van der Waals surface area contributed by atoms with Gasteiger partial charge in [0.1, 0.15) is 0 Å². The van der Waals surface area contributed by atoms with E-state index >= 15 is 0 Å². The van der Waals surface area contributed by atoms with Gasteiger partial charge in [0, 0.05) is 5.56 Å². The van der Waals surface area contributed by atoms with Crippen molar-refractivity contribution in [2.24, 2.45) is 11.7 Å². The highest BCUT2D eigenvalue weighted by molar-refractivity contribution is 5.92. The molecule has 1 aliphatic heterocycles. The maximum atomic E-state index is 10.9. The van der Waals surface area contributed by atoms with E-state index in [-0.39, 0.29) is 18.3 Å². The zero-order valence-corrected chi connectivity index (χ0v) is 11.1. The van der Waals surface area contributed by atoms with Crippen molar-refractivity contribution in [3.63, 3.8) is 0 Å². The molecule has 1 amide bonds. The van der Waals surface area contributed by atoms with Crippen LogP contribution >= 0.6 is 12.4 Å². The summed E-state index contributed by atoms with van der Waals surface area (Å²) in [5.41, 5.74) is 6.87. The van der Waals surface area contributed by atoms with Crippen molar-refractivity contribution >= 4 is 24.4 Å². The Hall–Kier alpha value is -1.32. The van der Waals surface area contributed by atoms with E-state index < -0.39 is 0 Å². The zero-order chi connectivity index (χ0) is 12.1. The van der Waals surface area contributed by atoms with Crippen LogP contribution in [0, 0.1) is 5.92 Å². The molecule has 0 atom stereocenters. The molecule has 1 aliphatic rings. The normalized spacial score (nSPS) is 16.4. The van der Waals surface area contributed by atoms with Gasteiger partial charge in [-0.3, -0.25) is 4.79 Å². The highest BCUT2D eigenvalue weighted by atomic mass is 35.5. The monoisotopic (exact) mass is 266 g/mol. The van der Waals surface area contributed by atoms with Crippen LogP contribution in [-0.2, 0) is 0 Å². The molecular formula is C14H19ClN2O. The van der Waals surface area contributed by atoms with E-state index in [9.17, 15) is 4.79 Å². The number of amides is 1. The second-order valence-electron chi connectivity index (χ2n) is 4.43. The summed E-state index contributed by atoms with van der Waals surface area (Å²) in [6.45, 7) is 2.21. The number of hydrogen-bond acceptors (Lipinski definition) is 2.